The fraction of sp³-hybridized carbons (Fsp3) is 0.462. The maximum Gasteiger partial charge on any atom is 0.320 e. The van der Waals surface area contributed by atoms with E-state index in [9.17, 15) is 14.4 Å². The molecule has 242 valence electrons. The first-order chi connectivity index (χ1) is 22.0. The van der Waals surface area contributed by atoms with Crippen molar-refractivity contribution in [1.29, 1.82) is 0 Å². The number of ether oxygens (including phenoxy) is 2. The molecule has 4 atom stereocenters. The Morgan fingerprint density at radius 2 is 1.63 bits per heavy atom. The number of esters is 1. The summed E-state index contributed by atoms with van der Waals surface area (Å²) in [7, 11) is 1.39. The minimum atomic E-state index is -1.22. The van der Waals surface area contributed by atoms with Crippen LogP contribution in [0.15, 0.2) is 84.6 Å². The maximum absolute atomic E-state index is 14.6. The fourth-order valence-corrected chi connectivity index (χ4v) is 7.73. The maximum atomic E-state index is 14.6. The molecular weight excluding hydrogens is 576 g/mol. The topological polar surface area (TPSA) is 76.2 Å². The number of amides is 2. The first kappa shape index (κ1) is 32.0. The van der Waals surface area contributed by atoms with Crippen LogP contribution in [0.5, 0.6) is 0 Å². The second-order valence-corrected chi connectivity index (χ2v) is 14.3. The Morgan fingerprint density at radius 3 is 2.33 bits per heavy atom. The zero-order valence-electron chi connectivity index (χ0n) is 27.7. The lowest BCUT2D eigenvalue weighted by Gasteiger charge is -2.53. The molecule has 2 saturated heterocycles. The summed E-state index contributed by atoms with van der Waals surface area (Å²) in [4.78, 5) is 46.1. The number of hydrogen-bond donors (Lipinski definition) is 0. The number of carbonyl (C=O) groups excluding carboxylic acids is 3. The number of rotatable bonds is 6. The number of fused-ring (bicyclic) bond motifs is 2. The van der Waals surface area contributed by atoms with Crippen LogP contribution in [0, 0.1) is 16.7 Å². The van der Waals surface area contributed by atoms with Crippen molar-refractivity contribution in [1.82, 2.24) is 9.80 Å². The lowest BCUT2D eigenvalue weighted by atomic mass is 9.65. The van der Waals surface area contributed by atoms with Gasteiger partial charge in [0.25, 0.3) is 0 Å². The zero-order chi connectivity index (χ0) is 32.6. The van der Waals surface area contributed by atoms with Crippen molar-refractivity contribution in [2.75, 3.05) is 20.2 Å². The van der Waals surface area contributed by atoms with E-state index in [0.717, 1.165) is 29.2 Å². The second-order valence-electron chi connectivity index (χ2n) is 14.3. The van der Waals surface area contributed by atoms with E-state index in [4.69, 9.17) is 9.47 Å². The van der Waals surface area contributed by atoms with E-state index in [-0.39, 0.29) is 42.7 Å². The summed E-state index contributed by atoms with van der Waals surface area (Å²) in [5.41, 5.74) is 1.42. The smallest absolute Gasteiger partial charge is 0.320 e. The van der Waals surface area contributed by atoms with Crippen LogP contribution in [-0.2, 0) is 30.4 Å². The quantitative estimate of drug-likeness (QED) is 0.281. The molecule has 7 nitrogen and oxygen atoms in total. The average Bonchev–Trinajstić information content (AvgIpc) is 3.06. The molecule has 2 fully saturated rings. The lowest BCUT2D eigenvalue weighted by Crippen LogP contribution is -2.61. The van der Waals surface area contributed by atoms with Crippen molar-refractivity contribution < 1.29 is 23.9 Å². The number of benzene rings is 3. The minimum absolute atomic E-state index is 0.0423. The Labute approximate surface area is 272 Å². The summed E-state index contributed by atoms with van der Waals surface area (Å²) >= 11 is 0. The molecule has 0 aromatic heterocycles. The molecule has 0 aliphatic carbocycles. The number of methoxy groups -OCH3 is 1. The Hall–Kier alpha value is -3.97. The van der Waals surface area contributed by atoms with Gasteiger partial charge < -0.3 is 19.3 Å². The summed E-state index contributed by atoms with van der Waals surface area (Å²) in [6.45, 7) is 9.76. The van der Waals surface area contributed by atoms with Gasteiger partial charge in [0.1, 0.15) is 5.41 Å². The third-order valence-corrected chi connectivity index (χ3v) is 10.4. The minimum Gasteiger partial charge on any atom is -0.468 e. The predicted octanol–water partition coefficient (Wildman–Crippen LogP) is 6.86. The van der Waals surface area contributed by atoms with Gasteiger partial charge in [-0.1, -0.05) is 93.6 Å². The highest BCUT2D eigenvalue weighted by atomic mass is 16.5. The summed E-state index contributed by atoms with van der Waals surface area (Å²) in [6.07, 6.45) is 3.07. The third kappa shape index (κ3) is 5.86. The van der Waals surface area contributed by atoms with Gasteiger partial charge in [0.2, 0.25) is 11.8 Å². The van der Waals surface area contributed by atoms with Crippen LogP contribution in [-0.4, -0.2) is 60.0 Å². The molecule has 2 amide bonds. The second kappa shape index (κ2) is 12.7. The van der Waals surface area contributed by atoms with Gasteiger partial charge in [0.05, 0.1) is 25.9 Å². The predicted molar refractivity (Wildman–Crippen MR) is 179 cm³/mol. The van der Waals surface area contributed by atoms with Gasteiger partial charge in [-0.2, -0.15) is 0 Å². The number of piperidine rings is 2. The molecule has 7 heteroatoms. The highest BCUT2D eigenvalue weighted by Crippen LogP contribution is 2.52. The van der Waals surface area contributed by atoms with Gasteiger partial charge in [-0.15, -0.1) is 0 Å². The summed E-state index contributed by atoms with van der Waals surface area (Å²) in [5, 5.41) is 2.13. The molecule has 0 unspecified atom stereocenters. The van der Waals surface area contributed by atoms with Crippen LogP contribution in [0.4, 0.5) is 0 Å². The molecule has 0 saturated carbocycles. The summed E-state index contributed by atoms with van der Waals surface area (Å²) in [6, 6.07) is 24.7. The zero-order valence-corrected chi connectivity index (χ0v) is 27.7. The molecule has 3 heterocycles. The fourth-order valence-electron chi connectivity index (χ4n) is 7.73. The van der Waals surface area contributed by atoms with Crippen molar-refractivity contribution >= 4 is 28.6 Å². The van der Waals surface area contributed by atoms with Gasteiger partial charge in [-0.25, -0.2) is 0 Å². The normalized spacial score (nSPS) is 25.6. The van der Waals surface area contributed by atoms with E-state index in [2.05, 4.69) is 63.2 Å². The van der Waals surface area contributed by atoms with Crippen molar-refractivity contribution in [2.45, 2.75) is 78.0 Å². The van der Waals surface area contributed by atoms with Gasteiger partial charge in [-0.05, 0) is 65.5 Å². The Kier molecular flexibility index (Phi) is 8.81. The average molecular weight is 623 g/mol. The van der Waals surface area contributed by atoms with Gasteiger partial charge >= 0.3 is 5.97 Å². The van der Waals surface area contributed by atoms with Gasteiger partial charge in [0.15, 0.2) is 0 Å². The molecule has 6 rings (SSSR count). The van der Waals surface area contributed by atoms with Crippen LogP contribution in [0.1, 0.15) is 70.4 Å². The summed E-state index contributed by atoms with van der Waals surface area (Å²) < 4.78 is 12.0. The van der Waals surface area contributed by atoms with Crippen molar-refractivity contribution in [2.24, 2.45) is 16.7 Å². The Morgan fingerprint density at radius 1 is 0.957 bits per heavy atom. The molecule has 0 N–H and O–H groups in total. The SMILES string of the molecule is COC(=O)[C@]12C[C@H](CC(=O)N3CCC(c4ccccc4)CC3)C(=O)N(Cc3cccc4ccccc34)C1=C[C@H](C(C)(C)C)O[C@@H]2C. The van der Waals surface area contributed by atoms with Crippen molar-refractivity contribution in [3.63, 3.8) is 0 Å². The Bertz CT molecular complexity index is 1630. The van der Waals surface area contributed by atoms with Gasteiger partial charge in [-0.3, -0.25) is 14.4 Å². The van der Waals surface area contributed by atoms with Crippen LogP contribution >= 0.6 is 0 Å². The summed E-state index contributed by atoms with van der Waals surface area (Å²) in [5.74, 6) is -0.880. The molecule has 0 radical (unpaired) electrons. The van der Waals surface area contributed by atoms with Crippen molar-refractivity contribution in [3.05, 3.63) is 95.7 Å². The monoisotopic (exact) mass is 622 g/mol. The lowest BCUT2D eigenvalue weighted by molar-refractivity contribution is -0.180. The molecular formula is C39H46N2O5. The highest BCUT2D eigenvalue weighted by Gasteiger charge is 2.60. The standard InChI is InChI=1S/C39H46N2O5/c1-26-39(37(44)45-5)24-31(22-35(42)40-20-18-28(19-21-40)27-12-7-6-8-13-27)36(43)41(33(39)23-34(46-26)38(2,3)4)25-30-16-11-15-29-14-9-10-17-32(29)30/h6-17,23,26,28,31,34H,18-22,24-25H2,1-5H3/t26-,31+,34-,39+/m1/s1. The number of hydrogen-bond acceptors (Lipinski definition) is 5. The van der Waals surface area contributed by atoms with Crippen LogP contribution in [0.2, 0.25) is 0 Å². The molecule has 3 aromatic carbocycles. The largest absolute Gasteiger partial charge is 0.468 e. The Balaban J connectivity index is 1.34. The molecule has 46 heavy (non-hydrogen) atoms. The van der Waals surface area contributed by atoms with E-state index in [1.165, 1.54) is 12.7 Å². The van der Waals surface area contributed by atoms with E-state index >= 15 is 0 Å². The van der Waals surface area contributed by atoms with Gasteiger partial charge in [0, 0.05) is 31.1 Å². The van der Waals surface area contributed by atoms with Crippen LogP contribution in [0.25, 0.3) is 10.8 Å². The number of likely N-dealkylation sites (tertiary alicyclic amines) is 2. The van der Waals surface area contributed by atoms with Crippen molar-refractivity contribution in [3.8, 4) is 0 Å². The van der Waals surface area contributed by atoms with E-state index in [0.29, 0.717) is 24.7 Å². The van der Waals surface area contributed by atoms with E-state index in [1.54, 1.807) is 4.90 Å². The van der Waals surface area contributed by atoms with E-state index in [1.807, 2.05) is 48.2 Å². The van der Waals surface area contributed by atoms with E-state index < -0.39 is 23.4 Å². The molecule has 3 aromatic rings. The third-order valence-electron chi connectivity index (χ3n) is 10.4. The molecule has 0 spiro atoms. The first-order valence-corrected chi connectivity index (χ1v) is 16.6. The molecule has 3 aliphatic heterocycles. The molecule has 3 aliphatic rings. The van der Waals surface area contributed by atoms with Crippen LogP contribution in [0.3, 0.4) is 0 Å². The van der Waals surface area contributed by atoms with Crippen LogP contribution < -0.4 is 0 Å². The first-order valence-electron chi connectivity index (χ1n) is 16.6. The number of carbonyl (C=O) groups is 3. The highest BCUT2D eigenvalue weighted by molar-refractivity contribution is 5.93. The number of nitrogens with zero attached hydrogens (tertiary/aromatic N) is 2. The molecule has 0 bridgehead atoms.